The van der Waals surface area contributed by atoms with Crippen molar-refractivity contribution < 1.29 is 13.9 Å². The van der Waals surface area contributed by atoms with Gasteiger partial charge in [0.25, 0.3) is 0 Å². The number of Topliss-reactive ketones (excluding diaryl/α,β-unsaturated/α-hetero) is 1. The molecule has 4 heteroatoms. The molecule has 1 aliphatic rings. The van der Waals surface area contributed by atoms with Gasteiger partial charge in [-0.15, -0.1) is 0 Å². The van der Waals surface area contributed by atoms with Crippen molar-refractivity contribution in [3.63, 3.8) is 0 Å². The van der Waals surface area contributed by atoms with Crippen LogP contribution < -0.4 is 0 Å². The maximum atomic E-state index is 11.6. The molecule has 68 valence electrons. The van der Waals surface area contributed by atoms with E-state index in [0.29, 0.717) is 28.8 Å². The number of carbonyl (C=O) groups excluding carboxylic acids is 1. The average Bonchev–Trinajstić information content (AvgIpc) is 2.72. The van der Waals surface area contributed by atoms with Crippen molar-refractivity contribution in [3.8, 4) is 0 Å². The van der Waals surface area contributed by atoms with E-state index in [1.54, 1.807) is 6.07 Å². The van der Waals surface area contributed by atoms with E-state index < -0.39 is 0 Å². The fourth-order valence-corrected chi connectivity index (χ4v) is 1.51. The Hall–Kier alpha value is -1.03. The van der Waals surface area contributed by atoms with Crippen molar-refractivity contribution in [2.75, 3.05) is 6.61 Å². The van der Waals surface area contributed by atoms with Crippen LogP contribution in [0, 0.1) is 0 Å². The lowest BCUT2D eigenvalue weighted by Crippen LogP contribution is -1.99. The van der Waals surface area contributed by atoms with Gasteiger partial charge in [-0.2, -0.15) is 0 Å². The van der Waals surface area contributed by atoms with Gasteiger partial charge < -0.3 is 9.15 Å². The van der Waals surface area contributed by atoms with Crippen LogP contribution >= 0.6 is 15.9 Å². The topological polar surface area (TPSA) is 39.4 Å². The lowest BCUT2D eigenvalue weighted by atomic mass is 10.1. The van der Waals surface area contributed by atoms with Gasteiger partial charge >= 0.3 is 0 Å². The predicted octanol–water partition coefficient (Wildman–Crippen LogP) is 2.53. The Morgan fingerprint density at radius 2 is 2.38 bits per heavy atom. The number of hydrogen-bond acceptors (Lipinski definition) is 3. The van der Waals surface area contributed by atoms with Crippen LogP contribution in [-0.2, 0) is 4.74 Å². The third-order valence-electron chi connectivity index (χ3n) is 1.84. The zero-order valence-electron chi connectivity index (χ0n) is 6.75. The van der Waals surface area contributed by atoms with Crippen LogP contribution in [0.3, 0.4) is 0 Å². The van der Waals surface area contributed by atoms with Gasteiger partial charge in [0.05, 0.1) is 18.4 Å². The van der Waals surface area contributed by atoms with Crippen LogP contribution in [0.4, 0.5) is 0 Å². The van der Waals surface area contributed by atoms with Gasteiger partial charge in [0.2, 0.25) is 0 Å². The summed E-state index contributed by atoms with van der Waals surface area (Å²) in [6.45, 7) is 0.597. The molecule has 0 saturated carbocycles. The summed E-state index contributed by atoms with van der Waals surface area (Å²) in [5.41, 5.74) is 1.26. The zero-order valence-corrected chi connectivity index (χ0v) is 8.33. The summed E-state index contributed by atoms with van der Waals surface area (Å²) in [5.74, 6) is -0.0213. The number of rotatable bonds is 2. The van der Waals surface area contributed by atoms with Crippen molar-refractivity contribution in [3.05, 3.63) is 34.4 Å². The van der Waals surface area contributed by atoms with Crippen LogP contribution in [0.25, 0.3) is 0 Å². The number of ketones is 1. The predicted molar refractivity (Wildman–Crippen MR) is 49.4 cm³/mol. The van der Waals surface area contributed by atoms with Crippen molar-refractivity contribution in [1.29, 1.82) is 0 Å². The molecule has 0 amide bonds. The average molecular weight is 243 g/mol. The monoisotopic (exact) mass is 242 g/mol. The van der Waals surface area contributed by atoms with Crippen LogP contribution in [0.15, 0.2) is 33.3 Å². The Morgan fingerprint density at radius 1 is 1.54 bits per heavy atom. The van der Waals surface area contributed by atoms with E-state index in [1.807, 2.05) is 0 Å². The molecule has 0 unspecified atom stereocenters. The highest BCUT2D eigenvalue weighted by Crippen LogP contribution is 2.20. The summed E-state index contributed by atoms with van der Waals surface area (Å²) in [6, 6.07) is 1.65. The maximum absolute atomic E-state index is 11.6. The first-order valence-corrected chi connectivity index (χ1v) is 4.66. The van der Waals surface area contributed by atoms with Crippen molar-refractivity contribution in [2.45, 2.75) is 6.42 Å². The van der Waals surface area contributed by atoms with E-state index in [0.717, 1.165) is 0 Å². The minimum Gasteiger partial charge on any atom is -0.500 e. The molecule has 13 heavy (non-hydrogen) atoms. The van der Waals surface area contributed by atoms with E-state index in [-0.39, 0.29) is 5.78 Å². The largest absolute Gasteiger partial charge is 0.500 e. The van der Waals surface area contributed by atoms with E-state index in [4.69, 9.17) is 9.15 Å². The van der Waals surface area contributed by atoms with Gasteiger partial charge in [-0.05, 0) is 15.9 Å². The third-order valence-corrected chi connectivity index (χ3v) is 2.25. The standard InChI is InChI=1S/C9H7BrO3/c10-8-3-7(5-13-8)9(11)6-1-2-12-4-6/h3-5H,1-2H2. The Balaban J connectivity index is 2.22. The minimum atomic E-state index is -0.0213. The molecular formula is C9H7BrO3. The maximum Gasteiger partial charge on any atom is 0.195 e. The SMILES string of the molecule is O=C(C1=COCC1)c1coc(Br)c1. The molecule has 0 fully saturated rings. The lowest BCUT2D eigenvalue weighted by Gasteiger charge is -1.92. The zero-order chi connectivity index (χ0) is 9.26. The smallest absolute Gasteiger partial charge is 0.195 e. The molecule has 0 aliphatic carbocycles. The van der Waals surface area contributed by atoms with Crippen LogP contribution in [0.1, 0.15) is 16.8 Å². The molecule has 2 heterocycles. The summed E-state index contributed by atoms with van der Waals surface area (Å²) in [6.07, 6.45) is 3.64. The molecule has 0 saturated heterocycles. The van der Waals surface area contributed by atoms with Gasteiger partial charge in [0.1, 0.15) is 6.26 Å². The molecule has 0 N–H and O–H groups in total. The summed E-state index contributed by atoms with van der Waals surface area (Å²) in [4.78, 5) is 11.6. The van der Waals surface area contributed by atoms with Crippen molar-refractivity contribution in [2.24, 2.45) is 0 Å². The van der Waals surface area contributed by atoms with Crippen molar-refractivity contribution >= 4 is 21.7 Å². The molecule has 0 radical (unpaired) electrons. The Labute approximate surface area is 83.5 Å². The van der Waals surface area contributed by atoms with Crippen LogP contribution in [0.2, 0.25) is 0 Å². The lowest BCUT2D eigenvalue weighted by molar-refractivity contribution is 0.103. The number of carbonyl (C=O) groups is 1. The minimum absolute atomic E-state index is 0.0213. The second kappa shape index (κ2) is 3.38. The highest BCUT2D eigenvalue weighted by atomic mass is 79.9. The highest BCUT2D eigenvalue weighted by molar-refractivity contribution is 9.10. The van der Waals surface area contributed by atoms with Gasteiger partial charge in [0.15, 0.2) is 10.5 Å². The van der Waals surface area contributed by atoms with Gasteiger partial charge in [-0.1, -0.05) is 0 Å². The van der Waals surface area contributed by atoms with E-state index in [1.165, 1.54) is 12.5 Å². The number of ether oxygens (including phenoxy) is 1. The number of halogens is 1. The Bertz CT molecular complexity index is 365. The Morgan fingerprint density at radius 3 is 2.92 bits per heavy atom. The number of furan rings is 1. The molecule has 0 bridgehead atoms. The summed E-state index contributed by atoms with van der Waals surface area (Å²) in [5, 5.41) is 0. The van der Waals surface area contributed by atoms with Crippen molar-refractivity contribution in [1.82, 2.24) is 0 Å². The molecule has 0 atom stereocenters. The molecule has 2 rings (SSSR count). The van der Waals surface area contributed by atoms with Gasteiger partial charge in [0, 0.05) is 18.1 Å². The Kier molecular flexibility index (Phi) is 2.22. The third kappa shape index (κ3) is 1.67. The van der Waals surface area contributed by atoms with E-state index in [9.17, 15) is 4.79 Å². The summed E-state index contributed by atoms with van der Waals surface area (Å²) in [7, 11) is 0. The second-order valence-electron chi connectivity index (χ2n) is 2.73. The molecule has 0 spiro atoms. The van der Waals surface area contributed by atoms with Crippen LogP contribution in [0.5, 0.6) is 0 Å². The van der Waals surface area contributed by atoms with E-state index in [2.05, 4.69) is 15.9 Å². The first-order chi connectivity index (χ1) is 6.27. The summed E-state index contributed by atoms with van der Waals surface area (Å²) < 4.78 is 10.5. The van der Waals surface area contributed by atoms with Crippen LogP contribution in [-0.4, -0.2) is 12.4 Å². The molecule has 1 aliphatic heterocycles. The molecule has 3 nitrogen and oxygen atoms in total. The molecular weight excluding hydrogens is 236 g/mol. The quantitative estimate of drug-likeness (QED) is 0.749. The fraction of sp³-hybridized carbons (Fsp3) is 0.222. The van der Waals surface area contributed by atoms with Gasteiger partial charge in [-0.3, -0.25) is 4.79 Å². The molecule has 0 aromatic carbocycles. The number of hydrogen-bond donors (Lipinski definition) is 0. The highest BCUT2D eigenvalue weighted by Gasteiger charge is 2.17. The normalized spacial score (nSPS) is 15.3. The van der Waals surface area contributed by atoms with E-state index >= 15 is 0 Å². The first kappa shape index (κ1) is 8.56. The molecule has 1 aromatic heterocycles. The van der Waals surface area contributed by atoms with Gasteiger partial charge in [-0.25, -0.2) is 0 Å². The molecule has 1 aromatic rings. The first-order valence-electron chi connectivity index (χ1n) is 3.87. The summed E-state index contributed by atoms with van der Waals surface area (Å²) >= 11 is 3.14. The fourth-order valence-electron chi connectivity index (χ4n) is 1.17. The second-order valence-corrected chi connectivity index (χ2v) is 3.51.